The largest absolute Gasteiger partial charge is 0.369 e. The van der Waals surface area contributed by atoms with Gasteiger partial charge in [0.25, 0.3) is 5.91 Å². The van der Waals surface area contributed by atoms with Crippen LogP contribution in [0.25, 0.3) is 11.1 Å². The number of amides is 1. The lowest BCUT2D eigenvalue weighted by molar-refractivity contribution is 0.0947. The van der Waals surface area contributed by atoms with Gasteiger partial charge in [0, 0.05) is 57.2 Å². The second kappa shape index (κ2) is 5.94. The van der Waals surface area contributed by atoms with Gasteiger partial charge in [-0.05, 0) is 36.7 Å². The van der Waals surface area contributed by atoms with Crippen LogP contribution in [0.15, 0.2) is 24.5 Å². The number of nitrogens with zero attached hydrogens (tertiary/aromatic N) is 4. The van der Waals surface area contributed by atoms with Gasteiger partial charge in [-0.2, -0.15) is 5.10 Å². The molecule has 3 heterocycles. The fourth-order valence-corrected chi connectivity index (χ4v) is 3.58. The number of hydrogen-bond acceptors (Lipinski definition) is 4. The van der Waals surface area contributed by atoms with E-state index in [1.165, 1.54) is 5.69 Å². The van der Waals surface area contributed by atoms with Crippen molar-refractivity contribution in [3.05, 3.63) is 35.7 Å². The number of rotatable bonds is 2. The minimum atomic E-state index is 0.0278. The third kappa shape index (κ3) is 2.67. The fraction of sp³-hybridized carbons (Fsp3) is 0.444. The Kier molecular flexibility index (Phi) is 3.76. The lowest BCUT2D eigenvalue weighted by Crippen LogP contribution is -2.44. The molecule has 0 saturated carbocycles. The minimum Gasteiger partial charge on any atom is -0.369 e. The van der Waals surface area contributed by atoms with Gasteiger partial charge < -0.3 is 15.1 Å². The van der Waals surface area contributed by atoms with Crippen LogP contribution in [0, 0.1) is 0 Å². The molecule has 126 valence electrons. The highest BCUT2D eigenvalue weighted by molar-refractivity contribution is 6.04. The van der Waals surface area contributed by atoms with E-state index in [4.69, 9.17) is 0 Å². The van der Waals surface area contributed by atoms with Gasteiger partial charge in [0.15, 0.2) is 0 Å². The van der Waals surface area contributed by atoms with E-state index in [2.05, 4.69) is 39.4 Å². The maximum absolute atomic E-state index is 12.5. The highest BCUT2D eigenvalue weighted by atomic mass is 16.1. The number of carbonyl (C=O) groups is 1. The zero-order valence-corrected chi connectivity index (χ0v) is 14.2. The van der Waals surface area contributed by atoms with Crippen molar-refractivity contribution >= 4 is 11.6 Å². The van der Waals surface area contributed by atoms with Crippen LogP contribution >= 0.6 is 0 Å². The number of benzene rings is 1. The standard InChI is InChI=1S/C18H23N5O/c1-21-5-7-23(8-6-21)15-9-13-3-4-19-18(24)17(13)16(10-15)14-11-20-22(2)12-14/h9-12H,3-8H2,1-2H3,(H,19,24). The first-order valence-corrected chi connectivity index (χ1v) is 8.49. The molecule has 2 aliphatic rings. The monoisotopic (exact) mass is 325 g/mol. The molecule has 0 aliphatic carbocycles. The Balaban J connectivity index is 1.81. The number of nitrogens with one attached hydrogen (secondary N) is 1. The van der Waals surface area contributed by atoms with E-state index in [1.807, 2.05) is 19.4 Å². The molecule has 0 unspecified atom stereocenters. The van der Waals surface area contributed by atoms with E-state index in [0.717, 1.165) is 54.9 Å². The number of fused-ring (bicyclic) bond motifs is 1. The van der Waals surface area contributed by atoms with Crippen LogP contribution in [0.4, 0.5) is 5.69 Å². The van der Waals surface area contributed by atoms with Gasteiger partial charge in [-0.25, -0.2) is 0 Å². The summed E-state index contributed by atoms with van der Waals surface area (Å²) in [6, 6.07) is 4.37. The minimum absolute atomic E-state index is 0.0278. The van der Waals surface area contributed by atoms with Crippen molar-refractivity contribution in [3.8, 4) is 11.1 Å². The molecule has 0 bridgehead atoms. The summed E-state index contributed by atoms with van der Waals surface area (Å²) in [6.45, 7) is 4.89. The number of hydrogen-bond donors (Lipinski definition) is 1. The Labute approximate surface area is 142 Å². The van der Waals surface area contributed by atoms with Crippen molar-refractivity contribution in [1.29, 1.82) is 0 Å². The van der Waals surface area contributed by atoms with Gasteiger partial charge in [0.2, 0.25) is 0 Å². The quantitative estimate of drug-likeness (QED) is 0.899. The van der Waals surface area contributed by atoms with Crippen LogP contribution in [0.3, 0.4) is 0 Å². The van der Waals surface area contributed by atoms with Crippen LogP contribution < -0.4 is 10.2 Å². The first kappa shape index (κ1) is 15.2. The molecule has 1 saturated heterocycles. The average Bonchev–Trinajstić information content (AvgIpc) is 3.01. The molecular formula is C18H23N5O. The normalized spacial score (nSPS) is 18.4. The SMILES string of the molecule is CN1CCN(c2cc3c(c(-c4cnn(C)c4)c2)C(=O)NCC3)CC1. The van der Waals surface area contributed by atoms with Crippen molar-refractivity contribution in [2.45, 2.75) is 6.42 Å². The number of carbonyl (C=O) groups excluding carboxylic acids is 1. The van der Waals surface area contributed by atoms with Gasteiger partial charge in [0.05, 0.1) is 11.8 Å². The molecule has 1 amide bonds. The molecule has 2 aliphatic heterocycles. The highest BCUT2D eigenvalue weighted by Crippen LogP contribution is 2.33. The summed E-state index contributed by atoms with van der Waals surface area (Å²) in [6.07, 6.45) is 4.70. The first-order valence-electron chi connectivity index (χ1n) is 8.49. The molecule has 24 heavy (non-hydrogen) atoms. The first-order chi connectivity index (χ1) is 11.6. The predicted octanol–water partition coefficient (Wildman–Crippen LogP) is 1.12. The fourth-order valence-electron chi connectivity index (χ4n) is 3.58. The van der Waals surface area contributed by atoms with Crippen molar-refractivity contribution in [3.63, 3.8) is 0 Å². The predicted molar refractivity (Wildman–Crippen MR) is 94.4 cm³/mol. The summed E-state index contributed by atoms with van der Waals surface area (Å²) in [7, 11) is 4.07. The van der Waals surface area contributed by atoms with Gasteiger partial charge in [-0.3, -0.25) is 9.48 Å². The second-order valence-corrected chi connectivity index (χ2v) is 6.73. The summed E-state index contributed by atoms with van der Waals surface area (Å²) < 4.78 is 1.78. The van der Waals surface area contributed by atoms with Crippen molar-refractivity contribution < 1.29 is 4.79 Å². The van der Waals surface area contributed by atoms with E-state index in [9.17, 15) is 4.79 Å². The van der Waals surface area contributed by atoms with Crippen LogP contribution in [-0.4, -0.2) is 60.4 Å². The lowest BCUT2D eigenvalue weighted by Gasteiger charge is -2.35. The van der Waals surface area contributed by atoms with E-state index in [1.54, 1.807) is 4.68 Å². The summed E-state index contributed by atoms with van der Waals surface area (Å²) in [5.74, 6) is 0.0278. The summed E-state index contributed by atoms with van der Waals surface area (Å²) in [5.41, 5.74) is 5.17. The smallest absolute Gasteiger partial charge is 0.252 e. The van der Waals surface area contributed by atoms with Crippen LogP contribution in [0.1, 0.15) is 15.9 Å². The second-order valence-electron chi connectivity index (χ2n) is 6.73. The topological polar surface area (TPSA) is 53.4 Å². The van der Waals surface area contributed by atoms with E-state index >= 15 is 0 Å². The molecule has 1 aromatic heterocycles. The van der Waals surface area contributed by atoms with E-state index < -0.39 is 0 Å². The zero-order chi connectivity index (χ0) is 16.7. The molecule has 0 radical (unpaired) electrons. The molecule has 1 fully saturated rings. The number of likely N-dealkylation sites (N-methyl/N-ethyl adjacent to an activating group) is 1. The Morgan fingerprint density at radius 2 is 1.92 bits per heavy atom. The summed E-state index contributed by atoms with van der Waals surface area (Å²) in [5, 5.41) is 7.26. The molecule has 6 heteroatoms. The van der Waals surface area contributed by atoms with Crippen molar-refractivity contribution in [2.24, 2.45) is 7.05 Å². The Morgan fingerprint density at radius 3 is 2.62 bits per heavy atom. The van der Waals surface area contributed by atoms with Gasteiger partial charge in [-0.1, -0.05) is 0 Å². The third-order valence-electron chi connectivity index (χ3n) is 5.00. The number of anilines is 1. The Morgan fingerprint density at radius 1 is 1.12 bits per heavy atom. The molecule has 1 aromatic carbocycles. The molecule has 0 atom stereocenters. The zero-order valence-electron chi connectivity index (χ0n) is 14.2. The van der Waals surface area contributed by atoms with Crippen LogP contribution in [0.5, 0.6) is 0 Å². The Bertz CT molecular complexity index is 774. The van der Waals surface area contributed by atoms with Crippen LogP contribution in [0.2, 0.25) is 0 Å². The summed E-state index contributed by atoms with van der Waals surface area (Å²) >= 11 is 0. The van der Waals surface area contributed by atoms with E-state index in [0.29, 0.717) is 6.54 Å². The van der Waals surface area contributed by atoms with Gasteiger partial charge in [0.1, 0.15) is 0 Å². The summed E-state index contributed by atoms with van der Waals surface area (Å²) in [4.78, 5) is 17.2. The number of aryl methyl sites for hydroxylation is 1. The molecule has 2 aromatic rings. The van der Waals surface area contributed by atoms with Crippen molar-refractivity contribution in [2.75, 3.05) is 44.7 Å². The number of aromatic nitrogens is 2. The van der Waals surface area contributed by atoms with Crippen LogP contribution in [-0.2, 0) is 13.5 Å². The molecule has 4 rings (SSSR count). The third-order valence-corrected chi connectivity index (χ3v) is 5.00. The Hall–Kier alpha value is -2.34. The van der Waals surface area contributed by atoms with Gasteiger partial charge >= 0.3 is 0 Å². The highest BCUT2D eigenvalue weighted by Gasteiger charge is 2.25. The lowest BCUT2D eigenvalue weighted by atomic mass is 9.91. The average molecular weight is 325 g/mol. The number of piperazine rings is 1. The molecule has 0 spiro atoms. The van der Waals surface area contributed by atoms with Gasteiger partial charge in [-0.15, -0.1) is 0 Å². The maximum atomic E-state index is 12.5. The molecular weight excluding hydrogens is 302 g/mol. The molecule has 1 N–H and O–H groups in total. The van der Waals surface area contributed by atoms with Crippen molar-refractivity contribution in [1.82, 2.24) is 20.0 Å². The maximum Gasteiger partial charge on any atom is 0.252 e. The molecule has 6 nitrogen and oxygen atoms in total. The van der Waals surface area contributed by atoms with E-state index in [-0.39, 0.29) is 5.91 Å².